The molecule has 4 aliphatic rings. The molecule has 0 N–H and O–H groups in total. The number of fused-ring (bicyclic) bond motifs is 21. The summed E-state index contributed by atoms with van der Waals surface area (Å²) in [6.07, 6.45) is 0. The zero-order valence-corrected chi connectivity index (χ0v) is 39.0. The number of ether oxygens (including phenoxy) is 2. The SMILES string of the molecule is c1ccc(-n2c3ccccc3c3cc(N(c4ccc5c(c4)-c4ccccc4C54c5ccccc5Oc5ccccc54)c4cccc5c4-c4ccccc4C54c5ccccc5Oc5ccccc54)ccc32)cc1. The van der Waals surface area contributed by atoms with Gasteiger partial charge in [0.2, 0.25) is 0 Å². The normalized spacial score (nSPS) is 14.3. The summed E-state index contributed by atoms with van der Waals surface area (Å²) in [6.45, 7) is 0. The van der Waals surface area contributed by atoms with Gasteiger partial charge in [-0.2, -0.15) is 0 Å². The quantitative estimate of drug-likeness (QED) is 0.176. The number of anilines is 3. The lowest BCUT2D eigenvalue weighted by Gasteiger charge is -2.39. The van der Waals surface area contributed by atoms with E-state index in [1.54, 1.807) is 0 Å². The van der Waals surface area contributed by atoms with Crippen LogP contribution in [0.3, 0.4) is 0 Å². The Bertz CT molecular complexity index is 4170. The molecule has 2 aliphatic heterocycles. The van der Waals surface area contributed by atoms with Crippen LogP contribution >= 0.6 is 0 Å². The molecule has 0 unspecified atom stereocenters. The Balaban J connectivity index is 1.00. The highest BCUT2D eigenvalue weighted by Crippen LogP contribution is 2.66. The first-order chi connectivity index (χ1) is 35.7. The number of hydrogen-bond acceptors (Lipinski definition) is 3. The predicted molar refractivity (Wildman–Crippen MR) is 290 cm³/mol. The first kappa shape index (κ1) is 39.5. The minimum atomic E-state index is -0.626. The molecule has 11 aromatic carbocycles. The lowest BCUT2D eigenvalue weighted by Crippen LogP contribution is -2.32. The van der Waals surface area contributed by atoms with E-state index in [4.69, 9.17) is 9.47 Å². The summed E-state index contributed by atoms with van der Waals surface area (Å²) >= 11 is 0. The van der Waals surface area contributed by atoms with Crippen molar-refractivity contribution < 1.29 is 9.47 Å². The molecule has 72 heavy (non-hydrogen) atoms. The minimum absolute atomic E-state index is 0.581. The Morgan fingerprint density at radius 3 is 1.42 bits per heavy atom. The third-order valence-corrected chi connectivity index (χ3v) is 16.1. The molecule has 0 saturated carbocycles. The zero-order chi connectivity index (χ0) is 47.1. The molecule has 1 aromatic heterocycles. The number of rotatable bonds is 4. The van der Waals surface area contributed by atoms with Gasteiger partial charge >= 0.3 is 0 Å². The molecular formula is C68H42N2O2. The highest BCUT2D eigenvalue weighted by molar-refractivity contribution is 6.11. The fraction of sp³-hybridized carbons (Fsp3) is 0.0294. The summed E-state index contributed by atoms with van der Waals surface area (Å²) in [4.78, 5) is 2.53. The maximum absolute atomic E-state index is 6.76. The maximum Gasteiger partial charge on any atom is 0.132 e. The van der Waals surface area contributed by atoms with Crippen LogP contribution < -0.4 is 14.4 Å². The number of hydrogen-bond donors (Lipinski definition) is 0. The van der Waals surface area contributed by atoms with Crippen molar-refractivity contribution in [3.05, 3.63) is 299 Å². The fourth-order valence-corrected chi connectivity index (χ4v) is 13.4. The fourth-order valence-electron chi connectivity index (χ4n) is 13.4. The van der Waals surface area contributed by atoms with Crippen molar-refractivity contribution in [1.82, 2.24) is 4.57 Å². The second-order valence-electron chi connectivity index (χ2n) is 19.4. The van der Waals surface area contributed by atoms with Gasteiger partial charge in [0.1, 0.15) is 23.0 Å². The van der Waals surface area contributed by atoms with Crippen molar-refractivity contribution in [3.63, 3.8) is 0 Å². The van der Waals surface area contributed by atoms with Crippen molar-refractivity contribution in [1.29, 1.82) is 0 Å². The number of benzene rings is 11. The molecule has 0 radical (unpaired) electrons. The Morgan fingerprint density at radius 1 is 0.306 bits per heavy atom. The molecule has 0 saturated heterocycles. The van der Waals surface area contributed by atoms with Gasteiger partial charge in [0, 0.05) is 55.7 Å². The van der Waals surface area contributed by atoms with E-state index >= 15 is 0 Å². The van der Waals surface area contributed by atoms with Gasteiger partial charge in [-0.15, -0.1) is 0 Å². The summed E-state index contributed by atoms with van der Waals surface area (Å²) < 4.78 is 15.9. The van der Waals surface area contributed by atoms with Crippen LogP contribution in [-0.4, -0.2) is 4.57 Å². The molecule has 3 heterocycles. The Labute approximate surface area is 416 Å². The van der Waals surface area contributed by atoms with Crippen LogP contribution in [0.15, 0.2) is 255 Å². The lowest BCUT2D eigenvalue weighted by atomic mass is 9.66. The van der Waals surface area contributed by atoms with Gasteiger partial charge in [-0.1, -0.05) is 176 Å². The minimum Gasteiger partial charge on any atom is -0.457 e. The van der Waals surface area contributed by atoms with Crippen LogP contribution in [0.1, 0.15) is 44.5 Å². The van der Waals surface area contributed by atoms with Crippen LogP contribution in [0.4, 0.5) is 17.1 Å². The second-order valence-corrected chi connectivity index (χ2v) is 19.4. The summed E-state index contributed by atoms with van der Waals surface area (Å²) in [5, 5.41) is 2.40. The van der Waals surface area contributed by atoms with Gasteiger partial charge in [-0.25, -0.2) is 0 Å². The van der Waals surface area contributed by atoms with Gasteiger partial charge < -0.3 is 18.9 Å². The summed E-state index contributed by atoms with van der Waals surface area (Å²) in [6, 6.07) is 93.3. The third kappa shape index (κ3) is 5.00. The van der Waals surface area contributed by atoms with E-state index < -0.39 is 10.8 Å². The Morgan fingerprint density at radius 2 is 0.764 bits per heavy atom. The first-order valence-electron chi connectivity index (χ1n) is 24.8. The van der Waals surface area contributed by atoms with Gasteiger partial charge in [-0.3, -0.25) is 0 Å². The van der Waals surface area contributed by atoms with E-state index in [0.717, 1.165) is 73.5 Å². The molecular weight excluding hydrogens is 877 g/mol. The molecule has 4 heteroatoms. The number of aromatic nitrogens is 1. The van der Waals surface area contributed by atoms with Crippen molar-refractivity contribution in [2.45, 2.75) is 10.8 Å². The van der Waals surface area contributed by atoms with Crippen molar-refractivity contribution in [3.8, 4) is 50.9 Å². The van der Waals surface area contributed by atoms with E-state index in [1.165, 1.54) is 60.8 Å². The number of para-hydroxylation sites is 6. The molecule has 16 rings (SSSR count). The Kier molecular flexibility index (Phi) is 7.99. The van der Waals surface area contributed by atoms with Gasteiger partial charge in [0.25, 0.3) is 0 Å². The summed E-state index contributed by atoms with van der Waals surface area (Å²) in [5.41, 5.74) is 19.9. The van der Waals surface area contributed by atoms with E-state index in [-0.39, 0.29) is 0 Å². The molecule has 0 amide bonds. The highest BCUT2D eigenvalue weighted by Gasteiger charge is 2.53. The smallest absolute Gasteiger partial charge is 0.132 e. The van der Waals surface area contributed by atoms with E-state index in [2.05, 4.69) is 264 Å². The molecule has 2 spiro atoms. The maximum atomic E-state index is 6.76. The van der Waals surface area contributed by atoms with Crippen LogP contribution in [0.2, 0.25) is 0 Å². The Hall–Kier alpha value is -9.38. The van der Waals surface area contributed by atoms with E-state index in [9.17, 15) is 0 Å². The van der Waals surface area contributed by atoms with Crippen LogP contribution in [-0.2, 0) is 10.8 Å². The van der Waals surface area contributed by atoms with Crippen molar-refractivity contribution in [2.75, 3.05) is 4.90 Å². The van der Waals surface area contributed by atoms with Crippen LogP contribution in [0, 0.1) is 0 Å². The standard InChI is InChI=1S/C68H42N2O2/c1-2-19-43(20-3-1)70-59-31-13-6-22-47(59)50-42-45(38-40-60(50)70)69(44-37-39-53-49(41-44)46-21-4-7-24-51(46)67(53)54-26-9-14-33-62(54)71-63-34-15-10-27-55(63)67)61-32-18-30-58-66(61)48-23-5-8-25-52(48)68(58)56-28-11-16-35-64(56)72-65-36-17-12-29-57(65)68/h1-42H. The average Bonchev–Trinajstić information content (AvgIpc) is 4.04. The lowest BCUT2D eigenvalue weighted by molar-refractivity contribution is 0.436. The topological polar surface area (TPSA) is 26.6 Å². The predicted octanol–water partition coefficient (Wildman–Crippen LogP) is 17.2. The van der Waals surface area contributed by atoms with Crippen LogP contribution in [0.5, 0.6) is 23.0 Å². The third-order valence-electron chi connectivity index (χ3n) is 16.1. The molecule has 0 fully saturated rings. The molecule has 12 aromatic rings. The van der Waals surface area contributed by atoms with Gasteiger partial charge in [-0.05, 0) is 118 Å². The van der Waals surface area contributed by atoms with Gasteiger partial charge in [0.15, 0.2) is 0 Å². The first-order valence-corrected chi connectivity index (χ1v) is 24.8. The van der Waals surface area contributed by atoms with Crippen LogP contribution in [0.25, 0.3) is 49.7 Å². The molecule has 0 bridgehead atoms. The molecule has 0 atom stereocenters. The second kappa shape index (κ2) is 14.6. The van der Waals surface area contributed by atoms with Gasteiger partial charge in [0.05, 0.1) is 27.6 Å². The van der Waals surface area contributed by atoms with E-state index in [0.29, 0.717) is 0 Å². The molecule has 2 aliphatic carbocycles. The molecule has 336 valence electrons. The highest BCUT2D eigenvalue weighted by atomic mass is 16.5. The van der Waals surface area contributed by atoms with Crippen molar-refractivity contribution >= 4 is 38.9 Å². The largest absolute Gasteiger partial charge is 0.457 e. The monoisotopic (exact) mass is 918 g/mol. The van der Waals surface area contributed by atoms with Crippen molar-refractivity contribution in [2.24, 2.45) is 0 Å². The average molecular weight is 919 g/mol. The number of nitrogens with zero attached hydrogens (tertiary/aromatic N) is 2. The van der Waals surface area contributed by atoms with E-state index in [1.807, 2.05) is 0 Å². The zero-order valence-electron chi connectivity index (χ0n) is 39.0. The summed E-state index contributed by atoms with van der Waals surface area (Å²) in [7, 11) is 0. The summed E-state index contributed by atoms with van der Waals surface area (Å²) in [5.74, 6) is 3.53. The molecule has 4 nitrogen and oxygen atoms in total.